The molecule has 1 aromatic rings. The number of alkyl halides is 3. The van der Waals surface area contributed by atoms with Gasteiger partial charge in [0.25, 0.3) is 0 Å². The molecule has 0 aromatic heterocycles. The molecule has 2 N–H and O–H groups in total. The summed E-state index contributed by atoms with van der Waals surface area (Å²) in [7, 11) is 0. The number of hydrogen-bond donors (Lipinski definition) is 2. The van der Waals surface area contributed by atoms with Crippen molar-refractivity contribution in [1.29, 1.82) is 0 Å². The lowest BCUT2D eigenvalue weighted by Crippen LogP contribution is -2.20. The van der Waals surface area contributed by atoms with Gasteiger partial charge in [-0.25, -0.2) is 4.79 Å². The number of carboxylic acids is 1. The van der Waals surface area contributed by atoms with Crippen molar-refractivity contribution in [1.82, 2.24) is 0 Å². The molecule has 0 amide bonds. The first kappa shape index (κ1) is 10.4. The molecule has 3 nitrogen and oxygen atoms in total. The van der Waals surface area contributed by atoms with E-state index in [9.17, 15) is 18.0 Å². The fourth-order valence-electron chi connectivity index (χ4n) is 0.860. The maximum absolute atomic E-state index is 11.8. The number of hydrogen-bond acceptors (Lipinski definition) is 2. The zero-order chi connectivity index (χ0) is 10.8. The minimum atomic E-state index is -4.51. The largest absolute Gasteiger partial charge is 0.482 e. The number of carbonyl (C=O) groups is 1. The second kappa shape index (κ2) is 3.57. The Morgan fingerprint density at radius 2 is 1.71 bits per heavy atom. The predicted octanol–water partition coefficient (Wildman–Crippen LogP) is 2.32. The number of rotatable bonds is 2. The SMILES string of the molecule is O=C(O)c1ccc(NC(F)(F)F)cc1. The Bertz CT molecular complexity index is 331. The molecular formula is C8H6F3NO2. The summed E-state index contributed by atoms with van der Waals surface area (Å²) in [5.74, 6) is -1.18. The lowest BCUT2D eigenvalue weighted by molar-refractivity contribution is -0.0999. The van der Waals surface area contributed by atoms with Crippen LogP contribution in [0.2, 0.25) is 0 Å². The van der Waals surface area contributed by atoms with E-state index in [1.807, 2.05) is 0 Å². The van der Waals surface area contributed by atoms with Crippen molar-refractivity contribution in [2.45, 2.75) is 6.30 Å². The molecule has 14 heavy (non-hydrogen) atoms. The molecule has 0 aliphatic carbocycles. The van der Waals surface area contributed by atoms with Gasteiger partial charge in [0.2, 0.25) is 0 Å². The highest BCUT2D eigenvalue weighted by Crippen LogP contribution is 2.19. The molecular weight excluding hydrogens is 199 g/mol. The van der Waals surface area contributed by atoms with E-state index in [0.29, 0.717) is 0 Å². The van der Waals surface area contributed by atoms with E-state index < -0.39 is 12.3 Å². The predicted molar refractivity (Wildman–Crippen MR) is 43.1 cm³/mol. The van der Waals surface area contributed by atoms with Crippen LogP contribution in [0.1, 0.15) is 10.4 Å². The quantitative estimate of drug-likeness (QED) is 0.728. The van der Waals surface area contributed by atoms with Gasteiger partial charge in [0.05, 0.1) is 5.56 Å². The van der Waals surface area contributed by atoms with Gasteiger partial charge in [-0.2, -0.15) is 13.2 Å². The van der Waals surface area contributed by atoms with Gasteiger partial charge in [0, 0.05) is 5.69 Å². The van der Waals surface area contributed by atoms with Gasteiger partial charge < -0.3 is 5.11 Å². The highest BCUT2D eigenvalue weighted by atomic mass is 19.4. The standard InChI is InChI=1S/C8H6F3NO2/c9-8(10,11)12-6-3-1-5(2-4-6)7(13)14/h1-4,12H,(H,13,14). The van der Waals surface area contributed by atoms with E-state index in [1.165, 1.54) is 5.32 Å². The maximum Gasteiger partial charge on any atom is 0.482 e. The van der Waals surface area contributed by atoms with E-state index in [2.05, 4.69) is 0 Å². The van der Waals surface area contributed by atoms with Crippen LogP contribution in [0, 0.1) is 0 Å². The van der Waals surface area contributed by atoms with E-state index in [1.54, 1.807) is 0 Å². The Balaban J connectivity index is 2.79. The molecule has 0 aliphatic rings. The highest BCUT2D eigenvalue weighted by molar-refractivity contribution is 5.87. The summed E-state index contributed by atoms with van der Waals surface area (Å²) in [6, 6.07) is 4.29. The molecule has 6 heteroatoms. The van der Waals surface area contributed by atoms with Crippen LogP contribution in [0.4, 0.5) is 18.9 Å². The molecule has 0 saturated carbocycles. The lowest BCUT2D eigenvalue weighted by Gasteiger charge is -2.09. The lowest BCUT2D eigenvalue weighted by atomic mass is 10.2. The highest BCUT2D eigenvalue weighted by Gasteiger charge is 2.26. The second-order valence-electron chi connectivity index (χ2n) is 2.51. The number of halogens is 3. The molecule has 0 unspecified atom stereocenters. The third kappa shape index (κ3) is 2.96. The van der Waals surface area contributed by atoms with E-state index in [-0.39, 0.29) is 11.3 Å². The number of carboxylic acid groups (broad SMARTS) is 1. The summed E-state index contributed by atoms with van der Waals surface area (Å²) in [5.41, 5.74) is -0.250. The third-order valence-electron chi connectivity index (χ3n) is 1.42. The minimum Gasteiger partial charge on any atom is -0.478 e. The first-order chi connectivity index (χ1) is 6.38. The second-order valence-corrected chi connectivity index (χ2v) is 2.51. The summed E-state index contributed by atoms with van der Waals surface area (Å²) in [5, 5.41) is 9.72. The molecule has 1 aromatic carbocycles. The monoisotopic (exact) mass is 205 g/mol. The fraction of sp³-hybridized carbons (Fsp3) is 0.125. The van der Waals surface area contributed by atoms with Gasteiger partial charge >= 0.3 is 12.3 Å². The van der Waals surface area contributed by atoms with Crippen LogP contribution in [0.25, 0.3) is 0 Å². The smallest absolute Gasteiger partial charge is 0.478 e. The van der Waals surface area contributed by atoms with Crippen LogP contribution in [0.15, 0.2) is 24.3 Å². The zero-order valence-electron chi connectivity index (χ0n) is 6.80. The summed E-state index contributed by atoms with van der Waals surface area (Å²) >= 11 is 0. The van der Waals surface area contributed by atoms with Crippen molar-refractivity contribution < 1.29 is 23.1 Å². The Kier molecular flexibility index (Phi) is 2.64. The van der Waals surface area contributed by atoms with Crippen LogP contribution in [0.5, 0.6) is 0 Å². The van der Waals surface area contributed by atoms with Gasteiger partial charge in [-0.05, 0) is 24.3 Å². The van der Waals surface area contributed by atoms with Crippen LogP contribution in [-0.2, 0) is 0 Å². The first-order valence-electron chi connectivity index (χ1n) is 3.57. The normalized spacial score (nSPS) is 11.1. The molecule has 0 heterocycles. The molecule has 0 saturated heterocycles. The summed E-state index contributed by atoms with van der Waals surface area (Å²) in [6.45, 7) is 0. The average molecular weight is 205 g/mol. The van der Waals surface area contributed by atoms with E-state index in [0.717, 1.165) is 24.3 Å². The van der Waals surface area contributed by atoms with Gasteiger partial charge in [0.1, 0.15) is 0 Å². The van der Waals surface area contributed by atoms with Gasteiger partial charge in [-0.15, -0.1) is 0 Å². The molecule has 0 aliphatic heterocycles. The molecule has 0 spiro atoms. The summed E-state index contributed by atoms with van der Waals surface area (Å²) < 4.78 is 35.3. The first-order valence-corrected chi connectivity index (χ1v) is 3.57. The molecule has 0 atom stereocenters. The van der Waals surface area contributed by atoms with Crippen molar-refractivity contribution in [2.24, 2.45) is 0 Å². The van der Waals surface area contributed by atoms with Crippen LogP contribution < -0.4 is 5.32 Å². The molecule has 76 valence electrons. The Hall–Kier alpha value is -1.72. The van der Waals surface area contributed by atoms with Gasteiger partial charge in [0.15, 0.2) is 0 Å². The Morgan fingerprint density at radius 1 is 1.21 bits per heavy atom. The van der Waals surface area contributed by atoms with Crippen molar-refractivity contribution in [3.8, 4) is 0 Å². The summed E-state index contributed by atoms with van der Waals surface area (Å²) in [4.78, 5) is 10.4. The van der Waals surface area contributed by atoms with Crippen molar-refractivity contribution in [3.05, 3.63) is 29.8 Å². The maximum atomic E-state index is 11.8. The van der Waals surface area contributed by atoms with Crippen LogP contribution >= 0.6 is 0 Å². The Morgan fingerprint density at radius 3 is 2.07 bits per heavy atom. The topological polar surface area (TPSA) is 49.3 Å². The van der Waals surface area contributed by atoms with Gasteiger partial charge in [-0.1, -0.05) is 0 Å². The molecule has 0 radical (unpaired) electrons. The zero-order valence-corrected chi connectivity index (χ0v) is 6.80. The number of nitrogens with one attached hydrogen (secondary N) is 1. The molecule has 0 fully saturated rings. The van der Waals surface area contributed by atoms with Gasteiger partial charge in [-0.3, -0.25) is 5.32 Å². The minimum absolute atomic E-state index is 0.0577. The number of anilines is 1. The van der Waals surface area contributed by atoms with Crippen LogP contribution in [-0.4, -0.2) is 17.4 Å². The van der Waals surface area contributed by atoms with E-state index in [4.69, 9.17) is 5.11 Å². The summed E-state index contributed by atoms with van der Waals surface area (Å²) in [6.07, 6.45) is -4.51. The molecule has 0 bridgehead atoms. The number of aromatic carboxylic acids is 1. The van der Waals surface area contributed by atoms with E-state index >= 15 is 0 Å². The van der Waals surface area contributed by atoms with Crippen LogP contribution in [0.3, 0.4) is 0 Å². The van der Waals surface area contributed by atoms with Crippen molar-refractivity contribution in [2.75, 3.05) is 5.32 Å². The van der Waals surface area contributed by atoms with Crippen molar-refractivity contribution in [3.63, 3.8) is 0 Å². The van der Waals surface area contributed by atoms with Crippen molar-refractivity contribution >= 4 is 11.7 Å². The molecule has 1 rings (SSSR count). The average Bonchev–Trinajstić information content (AvgIpc) is 2.02. The third-order valence-corrected chi connectivity index (χ3v) is 1.42. The fourth-order valence-corrected chi connectivity index (χ4v) is 0.860. The number of benzene rings is 1. The Labute approximate surface area is 77.2 Å².